The SMILES string of the molecule is CC(C)S[C]=NC1CCCCC1. The molecule has 69 valence electrons. The second-order valence-electron chi connectivity index (χ2n) is 3.68. The third-order valence-corrected chi connectivity index (χ3v) is 2.78. The van der Waals surface area contributed by atoms with Crippen LogP contribution in [-0.4, -0.2) is 16.8 Å². The second-order valence-corrected chi connectivity index (χ2v) is 5.04. The first kappa shape index (κ1) is 10.1. The quantitative estimate of drug-likeness (QED) is 0.484. The van der Waals surface area contributed by atoms with Crippen molar-refractivity contribution in [1.29, 1.82) is 0 Å². The molecule has 0 bridgehead atoms. The molecule has 1 rings (SSSR count). The number of nitrogens with zero attached hydrogens (tertiary/aromatic N) is 1. The van der Waals surface area contributed by atoms with E-state index >= 15 is 0 Å². The largest absolute Gasteiger partial charge is 0.272 e. The van der Waals surface area contributed by atoms with Gasteiger partial charge < -0.3 is 0 Å². The Morgan fingerprint density at radius 2 is 1.92 bits per heavy atom. The summed E-state index contributed by atoms with van der Waals surface area (Å²) in [7, 11) is 0. The number of hydrogen-bond acceptors (Lipinski definition) is 2. The van der Waals surface area contributed by atoms with E-state index in [1.165, 1.54) is 32.1 Å². The van der Waals surface area contributed by atoms with Gasteiger partial charge in [-0.3, -0.25) is 4.99 Å². The van der Waals surface area contributed by atoms with Crippen LogP contribution in [0.4, 0.5) is 0 Å². The first-order valence-electron chi connectivity index (χ1n) is 4.89. The lowest BCUT2D eigenvalue weighted by atomic mass is 9.96. The highest BCUT2D eigenvalue weighted by Gasteiger charge is 2.10. The molecule has 0 saturated heterocycles. The summed E-state index contributed by atoms with van der Waals surface area (Å²) in [6.45, 7) is 4.35. The average molecular weight is 184 g/mol. The molecule has 12 heavy (non-hydrogen) atoms. The van der Waals surface area contributed by atoms with Gasteiger partial charge in [0.2, 0.25) is 0 Å². The van der Waals surface area contributed by atoms with Crippen LogP contribution >= 0.6 is 11.8 Å². The van der Waals surface area contributed by atoms with Gasteiger partial charge in [-0.15, -0.1) is 11.8 Å². The number of rotatable bonds is 3. The van der Waals surface area contributed by atoms with Crippen molar-refractivity contribution >= 4 is 17.3 Å². The van der Waals surface area contributed by atoms with Crippen molar-refractivity contribution in [2.45, 2.75) is 57.2 Å². The maximum absolute atomic E-state index is 4.44. The molecule has 1 radical (unpaired) electrons. The Morgan fingerprint density at radius 3 is 2.50 bits per heavy atom. The zero-order valence-corrected chi connectivity index (χ0v) is 8.86. The predicted molar refractivity (Wildman–Crippen MR) is 57.0 cm³/mol. The van der Waals surface area contributed by atoms with Gasteiger partial charge in [-0.2, -0.15) is 0 Å². The van der Waals surface area contributed by atoms with Gasteiger partial charge in [-0.1, -0.05) is 33.1 Å². The molecule has 0 heterocycles. The van der Waals surface area contributed by atoms with Crippen molar-refractivity contribution in [1.82, 2.24) is 0 Å². The Bertz CT molecular complexity index is 137. The Kier molecular flexibility index (Phi) is 4.74. The van der Waals surface area contributed by atoms with E-state index in [1.54, 1.807) is 11.8 Å². The first-order valence-corrected chi connectivity index (χ1v) is 5.77. The number of thioether (sulfide) groups is 1. The Labute approximate surface area is 80.0 Å². The molecular weight excluding hydrogens is 166 g/mol. The van der Waals surface area contributed by atoms with Crippen LogP contribution in [0.2, 0.25) is 0 Å². The molecule has 0 amide bonds. The molecule has 0 spiro atoms. The first-order chi connectivity index (χ1) is 5.79. The topological polar surface area (TPSA) is 12.4 Å². The molecule has 1 saturated carbocycles. The summed E-state index contributed by atoms with van der Waals surface area (Å²) in [4.78, 5) is 4.44. The summed E-state index contributed by atoms with van der Waals surface area (Å²) in [5.74, 6) is 0. The van der Waals surface area contributed by atoms with Crippen molar-refractivity contribution in [3.05, 3.63) is 0 Å². The van der Waals surface area contributed by atoms with Crippen molar-refractivity contribution < 1.29 is 0 Å². The predicted octanol–water partition coefficient (Wildman–Crippen LogP) is 3.37. The van der Waals surface area contributed by atoms with Crippen LogP contribution in [0.3, 0.4) is 0 Å². The highest BCUT2D eigenvalue weighted by atomic mass is 32.2. The monoisotopic (exact) mass is 184 g/mol. The van der Waals surface area contributed by atoms with Gasteiger partial charge in [0.15, 0.2) is 0 Å². The summed E-state index contributed by atoms with van der Waals surface area (Å²) in [6.07, 6.45) is 6.70. The maximum atomic E-state index is 4.44. The fourth-order valence-corrected chi connectivity index (χ4v) is 1.84. The molecule has 1 aliphatic carbocycles. The third-order valence-electron chi connectivity index (χ3n) is 2.10. The van der Waals surface area contributed by atoms with Crippen LogP contribution in [0.15, 0.2) is 4.99 Å². The molecule has 0 aromatic carbocycles. The summed E-state index contributed by atoms with van der Waals surface area (Å²) in [5.41, 5.74) is 3.10. The normalized spacial score (nSPS) is 20.9. The molecule has 1 nitrogen and oxygen atoms in total. The fraction of sp³-hybridized carbons (Fsp3) is 0.900. The van der Waals surface area contributed by atoms with Gasteiger partial charge in [0.05, 0.1) is 6.04 Å². The number of hydrogen-bond donors (Lipinski definition) is 0. The molecule has 1 aliphatic rings. The van der Waals surface area contributed by atoms with Gasteiger partial charge in [0, 0.05) is 5.25 Å². The summed E-state index contributed by atoms with van der Waals surface area (Å²) in [5, 5.41) is 0.623. The molecule has 2 heteroatoms. The van der Waals surface area contributed by atoms with Crippen molar-refractivity contribution in [2.75, 3.05) is 0 Å². The molecule has 0 N–H and O–H groups in total. The van der Waals surface area contributed by atoms with Gasteiger partial charge >= 0.3 is 0 Å². The van der Waals surface area contributed by atoms with Crippen molar-refractivity contribution in [3.63, 3.8) is 0 Å². The van der Waals surface area contributed by atoms with E-state index in [0.717, 1.165) is 0 Å². The van der Waals surface area contributed by atoms with E-state index in [-0.39, 0.29) is 0 Å². The van der Waals surface area contributed by atoms with E-state index < -0.39 is 0 Å². The molecule has 0 aromatic rings. The summed E-state index contributed by atoms with van der Waals surface area (Å²) in [6, 6.07) is 0.588. The Morgan fingerprint density at radius 1 is 1.25 bits per heavy atom. The molecule has 1 fully saturated rings. The van der Waals surface area contributed by atoms with E-state index in [1.807, 2.05) is 0 Å². The van der Waals surface area contributed by atoms with Gasteiger partial charge in [-0.05, 0) is 12.8 Å². The molecule has 0 atom stereocenters. The summed E-state index contributed by atoms with van der Waals surface area (Å²) < 4.78 is 0. The zero-order valence-electron chi connectivity index (χ0n) is 8.05. The Balaban J connectivity index is 2.15. The van der Waals surface area contributed by atoms with E-state index in [9.17, 15) is 0 Å². The van der Waals surface area contributed by atoms with Gasteiger partial charge in [0.1, 0.15) is 5.55 Å². The zero-order chi connectivity index (χ0) is 8.81. The van der Waals surface area contributed by atoms with E-state index in [0.29, 0.717) is 11.3 Å². The van der Waals surface area contributed by atoms with E-state index in [4.69, 9.17) is 0 Å². The van der Waals surface area contributed by atoms with Crippen LogP contribution in [0, 0.1) is 0 Å². The molecule has 0 aromatic heterocycles. The fourth-order valence-electron chi connectivity index (χ4n) is 1.42. The lowest BCUT2D eigenvalue weighted by Crippen LogP contribution is -2.09. The average Bonchev–Trinajstić information content (AvgIpc) is 2.05. The lowest BCUT2D eigenvalue weighted by molar-refractivity contribution is 0.445. The highest BCUT2D eigenvalue weighted by molar-refractivity contribution is 8.12. The minimum atomic E-state index is 0.588. The summed E-state index contributed by atoms with van der Waals surface area (Å²) >= 11 is 1.71. The minimum Gasteiger partial charge on any atom is -0.272 e. The Hall–Kier alpha value is 0.0200. The molecule has 0 unspecified atom stereocenters. The lowest BCUT2D eigenvalue weighted by Gasteiger charge is -2.16. The van der Waals surface area contributed by atoms with Crippen molar-refractivity contribution in [3.8, 4) is 0 Å². The van der Waals surface area contributed by atoms with Crippen LogP contribution in [-0.2, 0) is 0 Å². The molecule has 0 aliphatic heterocycles. The maximum Gasteiger partial charge on any atom is 0.123 e. The van der Waals surface area contributed by atoms with Crippen molar-refractivity contribution in [2.24, 2.45) is 4.99 Å². The smallest absolute Gasteiger partial charge is 0.123 e. The van der Waals surface area contributed by atoms with Gasteiger partial charge in [-0.25, -0.2) is 0 Å². The molecular formula is C10H18NS. The number of aliphatic imine (C=N–C) groups is 1. The van der Waals surface area contributed by atoms with Crippen LogP contribution < -0.4 is 0 Å². The highest BCUT2D eigenvalue weighted by Crippen LogP contribution is 2.20. The van der Waals surface area contributed by atoms with Crippen LogP contribution in [0.5, 0.6) is 0 Å². The second kappa shape index (κ2) is 5.63. The van der Waals surface area contributed by atoms with Crippen LogP contribution in [0.25, 0.3) is 0 Å². The van der Waals surface area contributed by atoms with E-state index in [2.05, 4.69) is 24.4 Å². The standard InChI is InChI=1S/C10H18NS/c1-9(2)12-8-11-10-6-4-3-5-7-10/h9-10H,3-7H2,1-2H3. The van der Waals surface area contributed by atoms with Crippen LogP contribution in [0.1, 0.15) is 46.0 Å². The third kappa shape index (κ3) is 4.15. The minimum absolute atomic E-state index is 0.588. The van der Waals surface area contributed by atoms with Gasteiger partial charge in [0.25, 0.3) is 0 Å².